The van der Waals surface area contributed by atoms with Crippen molar-refractivity contribution < 1.29 is 4.42 Å². The maximum absolute atomic E-state index is 5.44. The Morgan fingerprint density at radius 3 is 2.55 bits per heavy atom. The molecular weight excluding hydrogens is 294 g/mol. The van der Waals surface area contributed by atoms with Crippen LogP contribution in [0.5, 0.6) is 0 Å². The van der Waals surface area contributed by atoms with Crippen LogP contribution in [-0.4, -0.2) is 14.8 Å². The van der Waals surface area contributed by atoms with Crippen molar-refractivity contribution in [2.24, 2.45) is 0 Å². The molecule has 0 aliphatic heterocycles. The lowest BCUT2D eigenvalue weighted by atomic mass is 10.1. The highest BCUT2D eigenvalue weighted by molar-refractivity contribution is 7.98. The predicted molar refractivity (Wildman–Crippen MR) is 88.9 cm³/mol. The van der Waals surface area contributed by atoms with Gasteiger partial charge in [0, 0.05) is 12.3 Å². The van der Waals surface area contributed by atoms with Gasteiger partial charge >= 0.3 is 0 Å². The van der Waals surface area contributed by atoms with Gasteiger partial charge in [-0.2, -0.15) is 0 Å². The minimum atomic E-state index is 0.757. The molecule has 3 rings (SSSR count). The van der Waals surface area contributed by atoms with E-state index in [2.05, 4.69) is 53.7 Å². The van der Waals surface area contributed by atoms with Gasteiger partial charge < -0.3 is 4.42 Å². The summed E-state index contributed by atoms with van der Waals surface area (Å²) in [7, 11) is 0. The fourth-order valence-corrected chi connectivity index (χ4v) is 3.50. The number of furan rings is 1. The van der Waals surface area contributed by atoms with Crippen LogP contribution in [0.4, 0.5) is 0 Å². The minimum absolute atomic E-state index is 0.757. The normalized spacial score (nSPS) is 11.0. The molecule has 0 aliphatic carbocycles. The summed E-state index contributed by atoms with van der Waals surface area (Å²) in [5.41, 5.74) is 3.90. The quantitative estimate of drug-likeness (QED) is 0.652. The van der Waals surface area contributed by atoms with Gasteiger partial charge in [-0.3, -0.25) is 4.57 Å². The maximum atomic E-state index is 5.44. The van der Waals surface area contributed by atoms with Crippen molar-refractivity contribution in [2.45, 2.75) is 38.2 Å². The Balaban J connectivity index is 1.81. The number of nitrogens with zero attached hydrogens (tertiary/aromatic N) is 3. The molecule has 0 unspecified atom stereocenters. The van der Waals surface area contributed by atoms with Gasteiger partial charge in [0.15, 0.2) is 16.7 Å². The lowest BCUT2D eigenvalue weighted by molar-refractivity contribution is 0.567. The number of benzene rings is 1. The van der Waals surface area contributed by atoms with Gasteiger partial charge in [-0.05, 0) is 38.5 Å². The SMILES string of the molecule is CCn1c(SCc2cc(C)cc(C)c2)nnc1-c1ccco1. The van der Waals surface area contributed by atoms with Gasteiger partial charge in [0.05, 0.1) is 6.26 Å². The summed E-state index contributed by atoms with van der Waals surface area (Å²) >= 11 is 1.71. The van der Waals surface area contributed by atoms with E-state index in [9.17, 15) is 0 Å². The topological polar surface area (TPSA) is 43.9 Å². The zero-order valence-electron chi connectivity index (χ0n) is 13.0. The Bertz CT molecular complexity index is 742. The molecule has 0 spiro atoms. The Labute approximate surface area is 134 Å². The van der Waals surface area contributed by atoms with E-state index in [1.165, 1.54) is 16.7 Å². The van der Waals surface area contributed by atoms with Crippen LogP contribution in [0.2, 0.25) is 0 Å². The smallest absolute Gasteiger partial charge is 0.200 e. The first kappa shape index (κ1) is 14.9. The Kier molecular flexibility index (Phi) is 4.34. The largest absolute Gasteiger partial charge is 0.461 e. The van der Waals surface area contributed by atoms with Crippen molar-refractivity contribution in [3.63, 3.8) is 0 Å². The van der Waals surface area contributed by atoms with Crippen LogP contribution in [-0.2, 0) is 12.3 Å². The molecule has 0 radical (unpaired) electrons. The molecular formula is C17H19N3OS. The van der Waals surface area contributed by atoms with E-state index in [4.69, 9.17) is 4.42 Å². The van der Waals surface area contributed by atoms with Crippen LogP contribution in [0.25, 0.3) is 11.6 Å². The lowest BCUT2D eigenvalue weighted by Gasteiger charge is -2.07. The number of hydrogen-bond acceptors (Lipinski definition) is 4. The van der Waals surface area contributed by atoms with E-state index in [-0.39, 0.29) is 0 Å². The van der Waals surface area contributed by atoms with Crippen LogP contribution in [0.1, 0.15) is 23.6 Å². The summed E-state index contributed by atoms with van der Waals surface area (Å²) in [5, 5.41) is 9.52. The zero-order valence-corrected chi connectivity index (χ0v) is 13.9. The number of thioether (sulfide) groups is 1. The van der Waals surface area contributed by atoms with E-state index in [0.717, 1.165) is 29.0 Å². The molecule has 1 aromatic carbocycles. The van der Waals surface area contributed by atoms with Crippen LogP contribution < -0.4 is 0 Å². The van der Waals surface area contributed by atoms with E-state index < -0.39 is 0 Å². The van der Waals surface area contributed by atoms with E-state index >= 15 is 0 Å². The van der Waals surface area contributed by atoms with Gasteiger partial charge in [0.25, 0.3) is 0 Å². The molecule has 2 heterocycles. The van der Waals surface area contributed by atoms with Crippen LogP contribution in [0, 0.1) is 13.8 Å². The molecule has 0 saturated heterocycles. The van der Waals surface area contributed by atoms with E-state index in [1.54, 1.807) is 18.0 Å². The third-order valence-electron chi connectivity index (χ3n) is 3.42. The minimum Gasteiger partial charge on any atom is -0.461 e. The predicted octanol–water partition coefficient (Wildman–Crippen LogP) is 4.47. The molecule has 0 bridgehead atoms. The molecule has 114 valence electrons. The van der Waals surface area contributed by atoms with Gasteiger partial charge in [-0.25, -0.2) is 0 Å². The van der Waals surface area contributed by atoms with Crippen molar-refractivity contribution in [3.8, 4) is 11.6 Å². The van der Waals surface area contributed by atoms with E-state index in [1.807, 2.05) is 12.1 Å². The van der Waals surface area contributed by atoms with Crippen molar-refractivity contribution in [1.29, 1.82) is 0 Å². The van der Waals surface area contributed by atoms with Gasteiger partial charge in [0.2, 0.25) is 0 Å². The van der Waals surface area contributed by atoms with Crippen molar-refractivity contribution in [1.82, 2.24) is 14.8 Å². The number of rotatable bonds is 5. The molecule has 0 aliphatic rings. The Morgan fingerprint density at radius 1 is 1.14 bits per heavy atom. The summed E-state index contributed by atoms with van der Waals surface area (Å²) in [6, 6.07) is 10.4. The Hall–Kier alpha value is -2.01. The molecule has 5 heteroatoms. The monoisotopic (exact) mass is 313 g/mol. The summed E-state index contributed by atoms with van der Waals surface area (Å²) in [6.07, 6.45) is 1.66. The van der Waals surface area contributed by atoms with Gasteiger partial charge in [-0.15, -0.1) is 10.2 Å². The van der Waals surface area contributed by atoms with Crippen molar-refractivity contribution >= 4 is 11.8 Å². The van der Waals surface area contributed by atoms with Crippen LogP contribution in [0.15, 0.2) is 46.2 Å². The van der Waals surface area contributed by atoms with Crippen molar-refractivity contribution in [2.75, 3.05) is 0 Å². The fourth-order valence-electron chi connectivity index (χ4n) is 2.57. The maximum Gasteiger partial charge on any atom is 0.200 e. The molecule has 3 aromatic rings. The average Bonchev–Trinajstić information content (AvgIpc) is 3.12. The highest BCUT2D eigenvalue weighted by Crippen LogP contribution is 2.27. The average molecular weight is 313 g/mol. The number of aryl methyl sites for hydroxylation is 2. The van der Waals surface area contributed by atoms with Crippen molar-refractivity contribution in [3.05, 3.63) is 53.3 Å². The molecule has 0 N–H and O–H groups in total. The van der Waals surface area contributed by atoms with Gasteiger partial charge in [-0.1, -0.05) is 41.1 Å². The molecule has 4 nitrogen and oxygen atoms in total. The summed E-state index contributed by atoms with van der Waals surface area (Å²) in [5.74, 6) is 2.43. The third-order valence-corrected chi connectivity index (χ3v) is 4.46. The molecule has 2 aromatic heterocycles. The second kappa shape index (κ2) is 6.40. The first-order chi connectivity index (χ1) is 10.7. The number of hydrogen-bond donors (Lipinski definition) is 0. The highest BCUT2D eigenvalue weighted by Gasteiger charge is 2.15. The second-order valence-corrected chi connectivity index (χ2v) is 6.25. The standard InChI is InChI=1S/C17H19N3OS/c1-4-20-16(15-6-5-7-21-15)18-19-17(20)22-11-14-9-12(2)8-13(3)10-14/h5-10H,4,11H2,1-3H3. The summed E-state index contributed by atoms with van der Waals surface area (Å²) < 4.78 is 7.53. The van der Waals surface area contributed by atoms with Gasteiger partial charge in [0.1, 0.15) is 0 Å². The first-order valence-corrected chi connectivity index (χ1v) is 8.33. The van der Waals surface area contributed by atoms with Crippen LogP contribution in [0.3, 0.4) is 0 Å². The number of aromatic nitrogens is 3. The molecule has 0 saturated carbocycles. The molecule has 0 fully saturated rings. The van der Waals surface area contributed by atoms with E-state index in [0.29, 0.717) is 0 Å². The second-order valence-electron chi connectivity index (χ2n) is 5.31. The fraction of sp³-hybridized carbons (Fsp3) is 0.294. The molecule has 22 heavy (non-hydrogen) atoms. The summed E-state index contributed by atoms with van der Waals surface area (Å²) in [6.45, 7) is 7.17. The summed E-state index contributed by atoms with van der Waals surface area (Å²) in [4.78, 5) is 0. The Morgan fingerprint density at radius 2 is 1.91 bits per heavy atom. The molecule has 0 amide bonds. The van der Waals surface area contributed by atoms with Crippen LogP contribution >= 0.6 is 11.8 Å². The first-order valence-electron chi connectivity index (χ1n) is 7.34. The molecule has 0 atom stereocenters. The lowest BCUT2D eigenvalue weighted by Crippen LogP contribution is -1.99. The third kappa shape index (κ3) is 3.09. The zero-order chi connectivity index (χ0) is 15.5. The highest BCUT2D eigenvalue weighted by atomic mass is 32.2.